The van der Waals surface area contributed by atoms with Gasteiger partial charge < -0.3 is 16.7 Å². The Balaban J connectivity index is -0.000000159. The third-order valence-electron chi connectivity index (χ3n) is 6.62. The molecule has 2 aromatic heterocycles. The second kappa shape index (κ2) is 40.7. The Morgan fingerprint density at radius 3 is 1.50 bits per heavy atom. The molecule has 60 heavy (non-hydrogen) atoms. The summed E-state index contributed by atoms with van der Waals surface area (Å²) in [6, 6.07) is 3.65. The largest absolute Gasteiger partial charge is 1.00 e. The van der Waals surface area contributed by atoms with E-state index < -0.39 is 16.1 Å². The van der Waals surface area contributed by atoms with Gasteiger partial charge in [-0.2, -0.15) is 10.2 Å². The normalized spacial score (nSPS) is 10.5. The van der Waals surface area contributed by atoms with Crippen molar-refractivity contribution in [3.8, 4) is 35.3 Å². The summed E-state index contributed by atoms with van der Waals surface area (Å²) in [5.41, 5.74) is 11.5. The van der Waals surface area contributed by atoms with Gasteiger partial charge in [0.1, 0.15) is 27.5 Å². The molecule has 0 amide bonds. The number of hydrogen-bond donors (Lipinski definition) is 1. The summed E-state index contributed by atoms with van der Waals surface area (Å²) < 4.78 is 3.53. The number of terminal acetylenes is 1. The maximum Gasteiger partial charge on any atom is 1.00 e. The predicted octanol–water partition coefficient (Wildman–Crippen LogP) is 1.28. The van der Waals surface area contributed by atoms with E-state index in [1.54, 1.807) is 43.1 Å². The molecule has 3 rings (SSSR count). The van der Waals surface area contributed by atoms with Crippen molar-refractivity contribution >= 4 is 57.3 Å². The van der Waals surface area contributed by atoms with Gasteiger partial charge in [-0.1, -0.05) is 39.3 Å². The molecule has 0 saturated heterocycles. The van der Waals surface area contributed by atoms with Crippen LogP contribution >= 0.6 is 11.6 Å². The molecule has 0 spiro atoms. The number of halogens is 1. The van der Waals surface area contributed by atoms with Crippen molar-refractivity contribution in [1.82, 2.24) is 19.6 Å². The Hall–Kier alpha value is -1.09. The molecule has 0 aromatic carbocycles. The van der Waals surface area contributed by atoms with Gasteiger partial charge in [0.2, 0.25) is 0 Å². The van der Waals surface area contributed by atoms with Crippen molar-refractivity contribution in [2.75, 3.05) is 19.0 Å². The van der Waals surface area contributed by atoms with Crippen LogP contribution in [0.15, 0.2) is 28.8 Å². The van der Waals surface area contributed by atoms with Crippen LogP contribution in [0.4, 0.5) is 0 Å². The van der Waals surface area contributed by atoms with Crippen LogP contribution in [0.25, 0.3) is 0 Å². The minimum Gasteiger partial charge on any atom is -1.00 e. The fourth-order valence-corrected chi connectivity index (χ4v) is 5.67. The second-order valence-corrected chi connectivity index (χ2v) is 24.8. The first-order valence-corrected chi connectivity index (χ1v) is 26.7. The molecule has 17 heteroatoms. The molecule has 1 N–H and O–H groups in total. The van der Waals surface area contributed by atoms with Gasteiger partial charge in [-0.25, -0.2) is 0 Å². The van der Waals surface area contributed by atoms with Gasteiger partial charge in [0.15, 0.2) is 17.3 Å². The van der Waals surface area contributed by atoms with Gasteiger partial charge in [0, 0.05) is 70.0 Å². The summed E-state index contributed by atoms with van der Waals surface area (Å²) in [5, 5.41) is 24.6. The average molecular weight is 937 g/mol. The van der Waals surface area contributed by atoms with Crippen LogP contribution in [0, 0.1) is 49.1 Å². The predicted molar refractivity (Wildman–Crippen MR) is 241 cm³/mol. The van der Waals surface area contributed by atoms with Crippen molar-refractivity contribution in [3.05, 3.63) is 46.6 Å². The number of aliphatic hydroxyl groups is 1. The molecular weight excluding hydrogens is 868 g/mol. The molecule has 0 bridgehead atoms. The summed E-state index contributed by atoms with van der Waals surface area (Å²) in [5.74, 6) is 9.95. The molecule has 0 aliphatic carbocycles. The number of carbonyl (C=O) groups excluding carboxylic acids is 4. The number of hydrogen-bond acceptors (Lipinski definition) is 10. The molecule has 324 valence electrons. The maximum absolute atomic E-state index is 11.4. The van der Waals surface area contributed by atoms with E-state index in [1.807, 2.05) is 32.9 Å². The van der Waals surface area contributed by atoms with E-state index in [9.17, 15) is 14.4 Å². The van der Waals surface area contributed by atoms with Crippen molar-refractivity contribution < 1.29 is 139 Å². The maximum atomic E-state index is 11.4. The topological polar surface area (TPSA) is 169 Å². The Kier molecular flexibility index (Phi) is 46.1. The van der Waals surface area contributed by atoms with Crippen molar-refractivity contribution in [3.63, 3.8) is 0 Å². The molecule has 12 nitrogen and oxygen atoms in total. The Bertz CT molecular complexity index is 1790. The molecule has 1 aliphatic heterocycles. The van der Waals surface area contributed by atoms with E-state index in [1.165, 1.54) is 0 Å². The number of Topliss-reactive ketones (excluding diaryl/α,β-unsaturated/α-hetero) is 3. The molecule has 0 saturated carbocycles. The number of allylic oxidation sites excluding steroid dienone is 1. The summed E-state index contributed by atoms with van der Waals surface area (Å²) >= 11 is 5.50. The number of aryl methyl sites for hydroxylation is 4. The molecular formula is C43H68ClK2N5O7Si2. The minimum absolute atomic E-state index is 0. The Morgan fingerprint density at radius 1 is 0.850 bits per heavy atom. The van der Waals surface area contributed by atoms with Crippen LogP contribution < -0.4 is 108 Å². The minimum atomic E-state index is -1.25. The smallest absolute Gasteiger partial charge is 1.00 e. The van der Waals surface area contributed by atoms with E-state index in [4.69, 9.17) is 33.2 Å². The van der Waals surface area contributed by atoms with Crippen LogP contribution in [-0.4, -0.2) is 89.4 Å². The Labute approximate surface area is 454 Å². The number of nitrogens with zero attached hydrogens (tertiary/aromatic N) is 5. The number of aliphatic imine (C=N–C) groups is 1. The van der Waals surface area contributed by atoms with E-state index in [0.717, 1.165) is 73.6 Å². The van der Waals surface area contributed by atoms with Gasteiger partial charge in [-0.05, 0) is 72.1 Å². The number of carbonyl (C=O) groups is 4. The first kappa shape index (κ1) is 68.0. The number of rotatable bonds is 12. The van der Waals surface area contributed by atoms with E-state index in [-0.39, 0.29) is 135 Å². The summed E-state index contributed by atoms with van der Waals surface area (Å²) in [4.78, 5) is 48.6. The van der Waals surface area contributed by atoms with Crippen LogP contribution in [0.2, 0.25) is 39.3 Å². The van der Waals surface area contributed by atoms with E-state index in [0.29, 0.717) is 24.5 Å². The number of aromatic nitrogens is 4. The summed E-state index contributed by atoms with van der Waals surface area (Å²) in [6.45, 7) is 27.7. The van der Waals surface area contributed by atoms with Crippen LogP contribution in [0.1, 0.15) is 107 Å². The van der Waals surface area contributed by atoms with E-state index >= 15 is 0 Å². The molecule has 3 heterocycles. The van der Waals surface area contributed by atoms with Gasteiger partial charge in [0.25, 0.3) is 6.47 Å². The fourth-order valence-electron chi connectivity index (χ4n) is 4.22. The fraction of sp³-hybridized carbons (Fsp3) is 0.558. The van der Waals surface area contributed by atoms with Crippen LogP contribution in [0.5, 0.6) is 0 Å². The zero-order valence-corrected chi connectivity index (χ0v) is 48.2. The molecule has 2 aromatic rings. The van der Waals surface area contributed by atoms with Gasteiger partial charge >= 0.3 is 103 Å². The summed E-state index contributed by atoms with van der Waals surface area (Å²) in [6.07, 6.45) is 12.4. The molecule has 0 radical (unpaired) electrons. The third-order valence-corrected chi connectivity index (χ3v) is 8.74. The Morgan fingerprint density at radius 2 is 1.23 bits per heavy atom. The zero-order valence-electron chi connectivity index (χ0n) is 40.2. The zero-order chi connectivity index (χ0) is 45.3. The quantitative estimate of drug-likeness (QED) is 0.0482. The van der Waals surface area contributed by atoms with Crippen molar-refractivity contribution in [2.45, 2.75) is 139 Å². The number of unbranched alkanes of at least 4 members (excludes halogenated alkanes) is 3. The average Bonchev–Trinajstić information content (AvgIpc) is 3.85. The van der Waals surface area contributed by atoms with Gasteiger partial charge in [-0.3, -0.25) is 33.5 Å². The number of ketones is 3. The summed E-state index contributed by atoms with van der Waals surface area (Å²) in [7, 11) is -2.36. The number of alkyl halides is 1. The first-order chi connectivity index (χ1) is 27.0. The van der Waals surface area contributed by atoms with Crippen molar-refractivity contribution in [2.24, 2.45) is 4.99 Å². The first-order valence-electron chi connectivity index (χ1n) is 19.2. The molecule has 1 aliphatic rings. The number of aliphatic hydroxyl groups excluding tert-OH is 1. The van der Waals surface area contributed by atoms with E-state index in [2.05, 4.69) is 88.2 Å². The van der Waals surface area contributed by atoms with Gasteiger partial charge in [0.05, 0.1) is 17.9 Å². The van der Waals surface area contributed by atoms with Crippen LogP contribution in [0.3, 0.4) is 0 Å². The second-order valence-electron chi connectivity index (χ2n) is 14.9. The van der Waals surface area contributed by atoms with Crippen molar-refractivity contribution in [1.29, 1.82) is 0 Å². The molecule has 0 fully saturated rings. The third kappa shape index (κ3) is 40.9. The van der Waals surface area contributed by atoms with Crippen LogP contribution in [-0.2, 0) is 27.6 Å². The monoisotopic (exact) mass is 935 g/mol. The van der Waals surface area contributed by atoms with Gasteiger partial charge in [-0.15, -0.1) is 46.9 Å². The molecule has 0 unspecified atom stereocenters. The standard InChI is InChI=1S/C14H22N2OSi.C11H14N2O.C8H15ClSi.C7H9NO.C2H6O.CH2O3.2K.H/c1-12-11-14(13(2)17)16(15-12)9-7-6-8-10-18(3,4)5;1-4-5-6-7-13-11(10(3)14)8-9(2)12-13;1-10(2,3)8-6-4-5-7-9;1-5-3-7(4-8-5)6(2)9;1-2-3;2-1-4-3;;;/h11H,6-7,9H2,1-5H3;1,8H,5-7H2,2-3H3;4-5,7H2,1-3H3;3H,4H2,1-2H3;3H,2H2,1H3;1,3H;;;/q;;;;;;2*+1;-1/p-1. The SMILES string of the molecule is C#CCCCn1nc(C)cc1C(C)=O.CC(=O)C1=CC(C)=NC1.CC(=O)c1cc(C)nn1CCCC#C[Si](C)(C)C.CCO.C[Si](C)(C)C#CCCCCl.O=CO[O-].[H-].[K+].[K+]. The molecule has 0 atom stereocenters.